The number of nitrogens with zero attached hydrogens (tertiary/aromatic N) is 1. The highest BCUT2D eigenvalue weighted by atomic mass is 16.4. The summed E-state index contributed by atoms with van der Waals surface area (Å²) in [6, 6.07) is 14.8. The Hall–Kier alpha value is -3.94. The van der Waals surface area contributed by atoms with Gasteiger partial charge in [0.25, 0.3) is 5.91 Å². The van der Waals surface area contributed by atoms with Gasteiger partial charge in [0.15, 0.2) is 0 Å². The lowest BCUT2D eigenvalue weighted by Gasteiger charge is -2.27. The van der Waals surface area contributed by atoms with Gasteiger partial charge < -0.3 is 15.1 Å². The molecule has 1 aliphatic rings. The first-order valence-electron chi connectivity index (χ1n) is 10.4. The normalized spacial score (nSPS) is 18.1. The summed E-state index contributed by atoms with van der Waals surface area (Å²) in [6.45, 7) is 3.25. The minimum absolute atomic E-state index is 0.0788. The Morgan fingerprint density at radius 1 is 1.09 bits per heavy atom. The van der Waals surface area contributed by atoms with Gasteiger partial charge in [-0.2, -0.15) is 0 Å². The number of urea groups is 1. The quantitative estimate of drug-likeness (QED) is 0.457. The fraction of sp³-hybridized carbons (Fsp3) is 0.250. The van der Waals surface area contributed by atoms with Crippen LogP contribution in [0.15, 0.2) is 63.8 Å². The number of imide groups is 1. The fourth-order valence-electron chi connectivity index (χ4n) is 4.19. The topological polar surface area (TPSA) is 109 Å². The van der Waals surface area contributed by atoms with Crippen molar-refractivity contribution in [3.63, 3.8) is 0 Å². The predicted octanol–water partition coefficient (Wildman–Crippen LogP) is 3.50. The van der Waals surface area contributed by atoms with Crippen LogP contribution in [0, 0.1) is 0 Å². The molecule has 1 atom stereocenters. The van der Waals surface area contributed by atoms with E-state index in [1.807, 2.05) is 37.3 Å². The summed E-state index contributed by atoms with van der Waals surface area (Å²) in [5, 5.41) is 6.10. The number of carbonyl (C=O) groups is 3. The number of anilines is 1. The second kappa shape index (κ2) is 8.30. The van der Waals surface area contributed by atoms with Crippen molar-refractivity contribution in [3.8, 4) is 0 Å². The zero-order chi connectivity index (χ0) is 22.9. The van der Waals surface area contributed by atoms with E-state index in [4.69, 9.17) is 4.42 Å². The molecule has 1 saturated heterocycles. The maximum atomic E-state index is 13.5. The van der Waals surface area contributed by atoms with E-state index in [9.17, 15) is 19.2 Å². The Morgan fingerprint density at radius 3 is 2.53 bits per heavy atom. The highest BCUT2D eigenvalue weighted by Gasteiger charge is 2.51. The van der Waals surface area contributed by atoms with E-state index in [1.54, 1.807) is 18.2 Å². The SMILES string of the molecule is CCCC1(c2ccccc2)NC(=O)N(Cc2cc(=O)oc3cc(NC(C)=O)ccc23)C1=O. The van der Waals surface area contributed by atoms with Gasteiger partial charge in [0.2, 0.25) is 5.91 Å². The van der Waals surface area contributed by atoms with Crippen LogP contribution >= 0.6 is 0 Å². The van der Waals surface area contributed by atoms with Crippen LogP contribution in [0.25, 0.3) is 11.0 Å². The molecule has 0 spiro atoms. The molecule has 0 radical (unpaired) electrons. The van der Waals surface area contributed by atoms with Gasteiger partial charge in [-0.25, -0.2) is 9.59 Å². The molecule has 0 saturated carbocycles. The first kappa shape index (κ1) is 21.3. The fourth-order valence-corrected chi connectivity index (χ4v) is 4.19. The number of fused-ring (bicyclic) bond motifs is 1. The third kappa shape index (κ3) is 3.75. The van der Waals surface area contributed by atoms with E-state index in [0.717, 1.165) is 10.5 Å². The molecule has 1 aromatic heterocycles. The smallest absolute Gasteiger partial charge is 0.336 e. The molecule has 0 bridgehead atoms. The Bertz CT molecular complexity index is 1270. The summed E-state index contributed by atoms with van der Waals surface area (Å²) >= 11 is 0. The Morgan fingerprint density at radius 2 is 1.84 bits per heavy atom. The van der Waals surface area contributed by atoms with Gasteiger partial charge in [-0.15, -0.1) is 0 Å². The molecule has 3 aromatic rings. The first-order valence-corrected chi connectivity index (χ1v) is 10.4. The second-order valence-corrected chi connectivity index (χ2v) is 7.83. The molecule has 4 rings (SSSR count). The molecule has 32 heavy (non-hydrogen) atoms. The molecule has 1 fully saturated rings. The number of hydrogen-bond donors (Lipinski definition) is 2. The van der Waals surface area contributed by atoms with E-state index < -0.39 is 17.2 Å². The number of amides is 4. The summed E-state index contributed by atoms with van der Waals surface area (Å²) in [6.07, 6.45) is 1.15. The lowest BCUT2D eigenvalue weighted by atomic mass is 9.85. The van der Waals surface area contributed by atoms with Gasteiger partial charge >= 0.3 is 11.7 Å². The van der Waals surface area contributed by atoms with Crippen molar-refractivity contribution in [2.24, 2.45) is 0 Å². The minimum atomic E-state index is -1.14. The molecule has 2 aromatic carbocycles. The number of benzene rings is 2. The van der Waals surface area contributed by atoms with Crippen LogP contribution in [-0.4, -0.2) is 22.7 Å². The third-order valence-corrected chi connectivity index (χ3v) is 5.55. The molecule has 4 amide bonds. The van der Waals surface area contributed by atoms with Crippen LogP contribution in [0.1, 0.15) is 37.8 Å². The van der Waals surface area contributed by atoms with Crippen molar-refractivity contribution in [2.75, 3.05) is 5.32 Å². The largest absolute Gasteiger partial charge is 0.423 e. The number of nitrogens with one attached hydrogen (secondary N) is 2. The molecule has 0 aliphatic carbocycles. The van der Waals surface area contributed by atoms with Crippen LogP contribution in [0.4, 0.5) is 10.5 Å². The van der Waals surface area contributed by atoms with E-state index in [0.29, 0.717) is 29.5 Å². The Labute approximate surface area is 184 Å². The van der Waals surface area contributed by atoms with Gasteiger partial charge in [-0.3, -0.25) is 14.5 Å². The van der Waals surface area contributed by atoms with Gasteiger partial charge in [0, 0.05) is 30.1 Å². The second-order valence-electron chi connectivity index (χ2n) is 7.83. The van der Waals surface area contributed by atoms with Gasteiger partial charge in [0.1, 0.15) is 11.1 Å². The average molecular weight is 433 g/mol. The molecule has 8 nitrogen and oxygen atoms in total. The van der Waals surface area contributed by atoms with Crippen LogP contribution in [0.5, 0.6) is 0 Å². The predicted molar refractivity (Wildman–Crippen MR) is 119 cm³/mol. The van der Waals surface area contributed by atoms with Crippen LogP contribution in [0.3, 0.4) is 0 Å². The van der Waals surface area contributed by atoms with Crippen LogP contribution in [0.2, 0.25) is 0 Å². The van der Waals surface area contributed by atoms with Crippen molar-refractivity contribution < 1.29 is 18.8 Å². The number of rotatable bonds is 6. The molecule has 8 heteroatoms. The zero-order valence-electron chi connectivity index (χ0n) is 17.8. The van der Waals surface area contributed by atoms with Crippen molar-refractivity contribution in [1.82, 2.24) is 10.2 Å². The lowest BCUT2D eigenvalue weighted by Crippen LogP contribution is -2.43. The summed E-state index contributed by atoms with van der Waals surface area (Å²) in [4.78, 5) is 51.0. The average Bonchev–Trinajstić information content (AvgIpc) is 2.99. The summed E-state index contributed by atoms with van der Waals surface area (Å²) in [5.41, 5.74) is 0.193. The van der Waals surface area contributed by atoms with E-state index >= 15 is 0 Å². The van der Waals surface area contributed by atoms with E-state index in [-0.39, 0.29) is 23.9 Å². The van der Waals surface area contributed by atoms with Crippen molar-refractivity contribution in [2.45, 2.75) is 38.8 Å². The minimum Gasteiger partial charge on any atom is -0.423 e. The number of carbonyl (C=O) groups excluding carboxylic acids is 3. The van der Waals surface area contributed by atoms with Crippen molar-refractivity contribution in [3.05, 3.63) is 76.1 Å². The molecular formula is C24H23N3O5. The summed E-state index contributed by atoms with van der Waals surface area (Å²) in [5.74, 6) is -0.609. The molecular weight excluding hydrogens is 410 g/mol. The summed E-state index contributed by atoms with van der Waals surface area (Å²) in [7, 11) is 0. The Kier molecular flexibility index (Phi) is 5.52. The van der Waals surface area contributed by atoms with Gasteiger partial charge in [-0.05, 0) is 29.7 Å². The van der Waals surface area contributed by atoms with Crippen LogP contribution in [-0.2, 0) is 21.7 Å². The molecule has 1 unspecified atom stereocenters. The highest BCUT2D eigenvalue weighted by Crippen LogP contribution is 2.35. The highest BCUT2D eigenvalue weighted by molar-refractivity contribution is 6.07. The maximum absolute atomic E-state index is 13.5. The molecule has 164 valence electrons. The lowest BCUT2D eigenvalue weighted by molar-refractivity contribution is -0.132. The maximum Gasteiger partial charge on any atom is 0.336 e. The first-order chi connectivity index (χ1) is 15.3. The van der Waals surface area contributed by atoms with Crippen LogP contribution < -0.4 is 16.3 Å². The van der Waals surface area contributed by atoms with Gasteiger partial charge in [-0.1, -0.05) is 43.7 Å². The monoisotopic (exact) mass is 433 g/mol. The van der Waals surface area contributed by atoms with E-state index in [1.165, 1.54) is 13.0 Å². The Balaban J connectivity index is 1.72. The standard InChI is InChI=1S/C24H23N3O5/c1-3-11-24(17-7-5-4-6-8-17)22(30)27(23(31)26-24)14-16-12-21(29)32-20-13-18(25-15(2)28)9-10-19(16)20/h4-10,12-13H,3,11,14H2,1-2H3,(H,25,28)(H,26,31). The third-order valence-electron chi connectivity index (χ3n) is 5.55. The van der Waals surface area contributed by atoms with Crippen molar-refractivity contribution >= 4 is 34.5 Å². The number of hydrogen-bond acceptors (Lipinski definition) is 5. The zero-order valence-corrected chi connectivity index (χ0v) is 17.8. The van der Waals surface area contributed by atoms with E-state index in [2.05, 4.69) is 10.6 Å². The molecule has 1 aliphatic heterocycles. The van der Waals surface area contributed by atoms with Gasteiger partial charge in [0.05, 0.1) is 6.54 Å². The van der Waals surface area contributed by atoms with Crippen molar-refractivity contribution in [1.29, 1.82) is 0 Å². The molecule has 2 heterocycles. The summed E-state index contributed by atoms with van der Waals surface area (Å²) < 4.78 is 5.28. The molecule has 2 N–H and O–H groups in total.